The van der Waals surface area contributed by atoms with Gasteiger partial charge in [-0.1, -0.05) is 0 Å². The fourth-order valence-electron chi connectivity index (χ4n) is 1.76. The van der Waals surface area contributed by atoms with E-state index in [1.54, 1.807) is 26.0 Å². The Kier molecular flexibility index (Phi) is 3.63. The molecule has 0 aromatic carbocycles. The lowest BCUT2D eigenvalue weighted by atomic mass is 10.0. The van der Waals surface area contributed by atoms with Gasteiger partial charge < -0.3 is 19.8 Å². The third kappa shape index (κ3) is 2.90. The summed E-state index contributed by atoms with van der Waals surface area (Å²) in [5, 5.41) is 21.6. The van der Waals surface area contributed by atoms with Crippen molar-refractivity contribution in [1.29, 1.82) is 5.26 Å². The number of nitriles is 1. The van der Waals surface area contributed by atoms with Gasteiger partial charge in [-0.3, -0.25) is 4.79 Å². The summed E-state index contributed by atoms with van der Waals surface area (Å²) < 4.78 is 5.36. The number of amides is 1. The average Bonchev–Trinajstić information content (AvgIpc) is 3.04. The normalized spacial score (nSPS) is 13.5. The number of aryl methyl sites for hydroxylation is 1. The van der Waals surface area contributed by atoms with Crippen molar-refractivity contribution in [2.75, 3.05) is 6.54 Å². The SMILES string of the molecule is Cc1ccc(C(C)(O)CNC(=O)c2c[nH]c(C#N)c2)o1. The van der Waals surface area contributed by atoms with Crippen molar-refractivity contribution in [3.05, 3.63) is 47.2 Å². The van der Waals surface area contributed by atoms with Crippen molar-refractivity contribution < 1.29 is 14.3 Å². The van der Waals surface area contributed by atoms with Gasteiger partial charge in [-0.05, 0) is 32.0 Å². The quantitative estimate of drug-likeness (QED) is 0.784. The van der Waals surface area contributed by atoms with Crippen molar-refractivity contribution in [3.8, 4) is 6.07 Å². The molecule has 1 atom stereocenters. The predicted octanol–water partition coefficient (Wildman–Crippen LogP) is 1.43. The van der Waals surface area contributed by atoms with Crippen LogP contribution in [-0.2, 0) is 5.60 Å². The second-order valence-electron chi connectivity index (χ2n) is 4.78. The average molecular weight is 273 g/mol. The first-order valence-electron chi connectivity index (χ1n) is 6.08. The minimum Gasteiger partial charge on any atom is -0.463 e. The summed E-state index contributed by atoms with van der Waals surface area (Å²) in [6.45, 7) is 3.34. The molecule has 2 rings (SSSR count). The number of carbonyl (C=O) groups excluding carboxylic acids is 1. The van der Waals surface area contributed by atoms with Crippen LogP contribution in [0.2, 0.25) is 0 Å². The van der Waals surface area contributed by atoms with Crippen LogP contribution in [0.3, 0.4) is 0 Å². The molecule has 0 aliphatic heterocycles. The number of nitrogens with zero attached hydrogens (tertiary/aromatic N) is 1. The van der Waals surface area contributed by atoms with Gasteiger partial charge in [-0.15, -0.1) is 0 Å². The van der Waals surface area contributed by atoms with Gasteiger partial charge in [-0.2, -0.15) is 5.26 Å². The van der Waals surface area contributed by atoms with E-state index in [9.17, 15) is 9.90 Å². The second-order valence-corrected chi connectivity index (χ2v) is 4.78. The van der Waals surface area contributed by atoms with Gasteiger partial charge in [0.1, 0.15) is 28.9 Å². The van der Waals surface area contributed by atoms with Crippen LogP contribution in [0.25, 0.3) is 0 Å². The zero-order chi connectivity index (χ0) is 14.8. The largest absolute Gasteiger partial charge is 0.463 e. The lowest BCUT2D eigenvalue weighted by Gasteiger charge is -2.21. The number of aromatic amines is 1. The van der Waals surface area contributed by atoms with Crippen molar-refractivity contribution >= 4 is 5.91 Å². The summed E-state index contributed by atoms with van der Waals surface area (Å²) in [4.78, 5) is 14.5. The number of aromatic nitrogens is 1. The summed E-state index contributed by atoms with van der Waals surface area (Å²) in [5.74, 6) is 0.712. The van der Waals surface area contributed by atoms with Crippen molar-refractivity contribution in [2.45, 2.75) is 19.4 Å². The first kappa shape index (κ1) is 13.9. The molecule has 1 amide bonds. The number of carbonyl (C=O) groups is 1. The number of H-pyrrole nitrogens is 1. The predicted molar refractivity (Wildman–Crippen MR) is 70.9 cm³/mol. The van der Waals surface area contributed by atoms with E-state index in [4.69, 9.17) is 9.68 Å². The van der Waals surface area contributed by atoms with E-state index >= 15 is 0 Å². The monoisotopic (exact) mass is 273 g/mol. The van der Waals surface area contributed by atoms with Crippen LogP contribution in [0, 0.1) is 18.3 Å². The maximum Gasteiger partial charge on any atom is 0.252 e. The number of furan rings is 1. The molecular weight excluding hydrogens is 258 g/mol. The molecule has 3 N–H and O–H groups in total. The highest BCUT2D eigenvalue weighted by Gasteiger charge is 2.27. The Bertz CT molecular complexity index is 661. The lowest BCUT2D eigenvalue weighted by Crippen LogP contribution is -2.38. The molecule has 0 aliphatic rings. The first-order chi connectivity index (χ1) is 9.42. The summed E-state index contributed by atoms with van der Waals surface area (Å²) in [6.07, 6.45) is 1.44. The van der Waals surface area contributed by atoms with Crippen LogP contribution in [-0.4, -0.2) is 22.5 Å². The molecule has 104 valence electrons. The third-order valence-corrected chi connectivity index (χ3v) is 2.93. The molecular formula is C14H15N3O3. The van der Waals surface area contributed by atoms with E-state index < -0.39 is 5.60 Å². The zero-order valence-electron chi connectivity index (χ0n) is 11.2. The Morgan fingerprint density at radius 3 is 2.90 bits per heavy atom. The van der Waals surface area contributed by atoms with Crippen molar-refractivity contribution in [2.24, 2.45) is 0 Å². The maximum absolute atomic E-state index is 11.9. The maximum atomic E-state index is 11.9. The van der Waals surface area contributed by atoms with Gasteiger partial charge in [0.15, 0.2) is 0 Å². The van der Waals surface area contributed by atoms with Crippen molar-refractivity contribution in [3.63, 3.8) is 0 Å². The molecule has 2 aromatic heterocycles. The molecule has 6 heteroatoms. The molecule has 1 unspecified atom stereocenters. The Morgan fingerprint density at radius 1 is 1.60 bits per heavy atom. The zero-order valence-corrected chi connectivity index (χ0v) is 11.2. The Balaban J connectivity index is 2.01. The highest BCUT2D eigenvalue weighted by atomic mass is 16.4. The number of hydrogen-bond donors (Lipinski definition) is 3. The van der Waals surface area contributed by atoms with Crippen molar-refractivity contribution in [1.82, 2.24) is 10.3 Å². The number of nitrogens with one attached hydrogen (secondary N) is 2. The van der Waals surface area contributed by atoms with Crippen LogP contribution in [0.1, 0.15) is 34.5 Å². The van der Waals surface area contributed by atoms with Crippen LogP contribution in [0.5, 0.6) is 0 Å². The highest BCUT2D eigenvalue weighted by Crippen LogP contribution is 2.22. The van der Waals surface area contributed by atoms with Gasteiger partial charge in [0.2, 0.25) is 0 Å². The Morgan fingerprint density at radius 2 is 2.35 bits per heavy atom. The molecule has 0 radical (unpaired) electrons. The standard InChI is InChI=1S/C14H15N3O3/c1-9-3-4-12(20-9)14(2,19)8-17-13(18)10-5-11(6-15)16-7-10/h3-5,7,16,19H,8H2,1-2H3,(H,17,18). The summed E-state index contributed by atoms with van der Waals surface area (Å²) in [6, 6.07) is 6.77. The minimum absolute atomic E-state index is 0.00581. The van der Waals surface area contributed by atoms with E-state index in [1.165, 1.54) is 12.3 Å². The molecule has 0 saturated heterocycles. The van der Waals surface area contributed by atoms with E-state index in [2.05, 4.69) is 10.3 Å². The van der Waals surface area contributed by atoms with E-state index in [-0.39, 0.29) is 12.5 Å². The van der Waals surface area contributed by atoms with Crippen LogP contribution in [0.15, 0.2) is 28.8 Å². The van der Waals surface area contributed by atoms with E-state index in [0.717, 1.165) is 0 Å². The molecule has 0 bridgehead atoms. The van der Waals surface area contributed by atoms with Gasteiger partial charge in [0.05, 0.1) is 12.1 Å². The van der Waals surface area contributed by atoms with Crippen LogP contribution in [0.4, 0.5) is 0 Å². The first-order valence-corrected chi connectivity index (χ1v) is 6.08. The number of rotatable bonds is 4. The lowest BCUT2D eigenvalue weighted by molar-refractivity contribution is 0.0323. The van der Waals surface area contributed by atoms with Gasteiger partial charge in [0.25, 0.3) is 5.91 Å². The molecule has 0 fully saturated rings. The van der Waals surface area contributed by atoms with E-state index in [0.29, 0.717) is 22.8 Å². The highest BCUT2D eigenvalue weighted by molar-refractivity contribution is 5.94. The summed E-state index contributed by atoms with van der Waals surface area (Å²) in [5.41, 5.74) is -0.644. The second kappa shape index (κ2) is 5.23. The smallest absolute Gasteiger partial charge is 0.252 e. The molecule has 0 saturated carbocycles. The third-order valence-electron chi connectivity index (χ3n) is 2.93. The van der Waals surface area contributed by atoms with Gasteiger partial charge in [-0.25, -0.2) is 0 Å². The van der Waals surface area contributed by atoms with E-state index in [1.807, 2.05) is 6.07 Å². The molecule has 2 heterocycles. The molecule has 20 heavy (non-hydrogen) atoms. The summed E-state index contributed by atoms with van der Waals surface area (Å²) >= 11 is 0. The molecule has 6 nitrogen and oxygen atoms in total. The number of hydrogen-bond acceptors (Lipinski definition) is 4. The van der Waals surface area contributed by atoms with Crippen LogP contribution >= 0.6 is 0 Å². The Hall–Kier alpha value is -2.52. The number of aliphatic hydroxyl groups is 1. The van der Waals surface area contributed by atoms with Gasteiger partial charge >= 0.3 is 0 Å². The topological polar surface area (TPSA) is 102 Å². The molecule has 2 aromatic rings. The fraction of sp³-hybridized carbons (Fsp3) is 0.286. The Labute approximate surface area is 116 Å². The molecule has 0 spiro atoms. The minimum atomic E-state index is -1.29. The molecule has 0 aliphatic carbocycles. The van der Waals surface area contributed by atoms with Crippen LogP contribution < -0.4 is 5.32 Å². The van der Waals surface area contributed by atoms with Gasteiger partial charge in [0, 0.05) is 6.20 Å². The summed E-state index contributed by atoms with van der Waals surface area (Å²) in [7, 11) is 0. The fourth-order valence-corrected chi connectivity index (χ4v) is 1.76.